The van der Waals surface area contributed by atoms with Crippen LogP contribution in [-0.4, -0.2) is 20.4 Å². The Hall–Kier alpha value is -2.94. The highest BCUT2D eigenvalue weighted by atomic mass is 32.2. The van der Waals surface area contributed by atoms with Gasteiger partial charge in [-0.05, 0) is 39.3 Å². The summed E-state index contributed by atoms with van der Waals surface area (Å²) in [6.07, 6.45) is 3.06. The number of amidine groups is 1. The third-order valence-corrected chi connectivity index (χ3v) is 6.30. The zero-order valence-corrected chi connectivity index (χ0v) is 17.4. The predicted molar refractivity (Wildman–Crippen MR) is 111 cm³/mol. The van der Waals surface area contributed by atoms with Gasteiger partial charge in [-0.3, -0.25) is 9.98 Å². The summed E-state index contributed by atoms with van der Waals surface area (Å²) in [7, 11) is 0. The second-order valence-electron chi connectivity index (χ2n) is 7.52. The van der Waals surface area contributed by atoms with Crippen LogP contribution in [0.15, 0.2) is 40.1 Å². The molecule has 6 nitrogen and oxygen atoms in total. The fourth-order valence-electron chi connectivity index (χ4n) is 3.90. The van der Waals surface area contributed by atoms with Crippen LogP contribution in [0.25, 0.3) is 11.1 Å². The van der Waals surface area contributed by atoms with Crippen molar-refractivity contribution >= 4 is 16.9 Å². The maximum atomic E-state index is 15.0. The predicted octanol–water partition coefficient (Wildman–Crippen LogP) is 4.75. The molecule has 4 rings (SSSR count). The molecule has 0 radical (unpaired) electrons. The number of aryl methyl sites for hydroxylation is 2. The van der Waals surface area contributed by atoms with E-state index in [1.165, 1.54) is 36.3 Å². The van der Waals surface area contributed by atoms with Crippen LogP contribution in [0.4, 0.5) is 8.78 Å². The lowest BCUT2D eigenvalue weighted by Crippen LogP contribution is -2.31. The lowest BCUT2D eigenvalue weighted by Gasteiger charge is -2.35. The maximum absolute atomic E-state index is 15.0. The first kappa shape index (κ1) is 20.3. The molecule has 0 saturated heterocycles. The molecule has 3 N–H and O–H groups in total. The molecule has 2 atom stereocenters. The third-order valence-electron chi connectivity index (χ3n) is 5.29. The molecule has 0 saturated carbocycles. The zero-order chi connectivity index (χ0) is 21.6. The minimum absolute atomic E-state index is 0.112. The van der Waals surface area contributed by atoms with Crippen LogP contribution in [0.1, 0.15) is 41.2 Å². The van der Waals surface area contributed by atoms with Gasteiger partial charge in [-0.2, -0.15) is 0 Å². The van der Waals surface area contributed by atoms with E-state index in [0.717, 1.165) is 17.3 Å². The van der Waals surface area contributed by atoms with E-state index in [1.54, 1.807) is 6.92 Å². The Morgan fingerprint density at radius 3 is 2.63 bits per heavy atom. The summed E-state index contributed by atoms with van der Waals surface area (Å²) < 4.78 is 34.8. The van der Waals surface area contributed by atoms with Gasteiger partial charge in [-0.1, -0.05) is 16.9 Å². The van der Waals surface area contributed by atoms with Crippen molar-refractivity contribution in [3.63, 3.8) is 0 Å². The normalized spacial score (nSPS) is 21.5. The van der Waals surface area contributed by atoms with E-state index in [-0.39, 0.29) is 22.1 Å². The van der Waals surface area contributed by atoms with E-state index >= 15 is 0 Å². The summed E-state index contributed by atoms with van der Waals surface area (Å²) in [6.45, 7) is 5.43. The molecule has 0 fully saturated rings. The molecule has 156 valence electrons. The van der Waals surface area contributed by atoms with E-state index < -0.39 is 17.2 Å². The van der Waals surface area contributed by atoms with E-state index in [0.29, 0.717) is 22.9 Å². The van der Waals surface area contributed by atoms with Crippen molar-refractivity contribution in [2.75, 3.05) is 0 Å². The van der Waals surface area contributed by atoms with Gasteiger partial charge in [0.25, 0.3) is 0 Å². The minimum atomic E-state index is -1.03. The number of aromatic nitrogens is 2. The molecule has 30 heavy (non-hydrogen) atoms. The fraction of sp³-hybridized carbons (Fsp3) is 0.286. The molecule has 1 aliphatic heterocycles. The van der Waals surface area contributed by atoms with Crippen LogP contribution in [0.5, 0.6) is 5.75 Å². The van der Waals surface area contributed by atoms with Crippen LogP contribution in [0.2, 0.25) is 0 Å². The summed E-state index contributed by atoms with van der Waals surface area (Å²) in [5, 5.41) is 13.9. The molecule has 9 heteroatoms. The molecular formula is C21H20F2N4O2S. The van der Waals surface area contributed by atoms with Crippen molar-refractivity contribution in [2.24, 2.45) is 10.7 Å². The average molecular weight is 430 g/mol. The number of pyridine rings is 1. The van der Waals surface area contributed by atoms with E-state index in [9.17, 15) is 13.9 Å². The molecule has 0 aliphatic carbocycles. The minimum Gasteiger partial charge on any atom is -0.506 e. The van der Waals surface area contributed by atoms with Gasteiger partial charge in [0, 0.05) is 39.8 Å². The summed E-state index contributed by atoms with van der Waals surface area (Å²) >= 11 is 1.37. The number of nitrogens with zero attached hydrogens (tertiary/aromatic N) is 3. The Morgan fingerprint density at radius 2 is 1.97 bits per heavy atom. The van der Waals surface area contributed by atoms with E-state index in [1.807, 2.05) is 13.8 Å². The quantitative estimate of drug-likeness (QED) is 0.623. The molecule has 0 unspecified atom stereocenters. The van der Waals surface area contributed by atoms with Crippen molar-refractivity contribution in [3.8, 4) is 16.9 Å². The van der Waals surface area contributed by atoms with Crippen LogP contribution < -0.4 is 5.73 Å². The molecule has 0 bridgehead atoms. The Morgan fingerprint density at radius 1 is 1.20 bits per heavy atom. The lowest BCUT2D eigenvalue weighted by atomic mass is 9.84. The summed E-state index contributed by atoms with van der Waals surface area (Å²) in [5.74, 6) is -0.906. The van der Waals surface area contributed by atoms with Crippen molar-refractivity contribution < 1.29 is 18.4 Å². The van der Waals surface area contributed by atoms with E-state index in [4.69, 9.17) is 10.3 Å². The fourth-order valence-corrected chi connectivity index (χ4v) is 5.31. The molecule has 1 aromatic carbocycles. The number of nitrogens with two attached hydrogens (primary N) is 1. The summed E-state index contributed by atoms with van der Waals surface area (Å²) in [5.41, 5.74) is 7.40. The second-order valence-corrected chi connectivity index (χ2v) is 8.74. The van der Waals surface area contributed by atoms with Crippen LogP contribution in [0, 0.1) is 25.5 Å². The molecule has 3 aromatic rings. The van der Waals surface area contributed by atoms with Crippen LogP contribution in [0.3, 0.4) is 0 Å². The number of thioether (sulfide) groups is 1. The highest BCUT2D eigenvalue weighted by molar-refractivity contribution is 8.14. The van der Waals surface area contributed by atoms with Gasteiger partial charge in [0.05, 0.1) is 17.4 Å². The van der Waals surface area contributed by atoms with Gasteiger partial charge in [-0.15, -0.1) is 0 Å². The molecule has 3 heterocycles. The van der Waals surface area contributed by atoms with Crippen LogP contribution >= 0.6 is 11.8 Å². The first-order valence-corrected chi connectivity index (χ1v) is 10.1. The van der Waals surface area contributed by atoms with Gasteiger partial charge in [0.1, 0.15) is 23.1 Å². The lowest BCUT2D eigenvalue weighted by molar-refractivity contribution is 0.389. The van der Waals surface area contributed by atoms with Crippen molar-refractivity contribution in [2.45, 2.75) is 38.0 Å². The van der Waals surface area contributed by atoms with Gasteiger partial charge in [-0.25, -0.2) is 8.78 Å². The van der Waals surface area contributed by atoms with Crippen molar-refractivity contribution in [1.82, 2.24) is 10.1 Å². The summed E-state index contributed by atoms with van der Waals surface area (Å²) in [4.78, 5) is 8.41. The monoisotopic (exact) mass is 430 g/mol. The topological polar surface area (TPSA) is 97.5 Å². The van der Waals surface area contributed by atoms with Crippen molar-refractivity contribution in [1.29, 1.82) is 0 Å². The smallest absolute Gasteiger partial charge is 0.155 e. The van der Waals surface area contributed by atoms with Gasteiger partial charge in [0.2, 0.25) is 0 Å². The third kappa shape index (κ3) is 3.54. The first-order valence-electron chi connectivity index (χ1n) is 9.26. The number of aromatic hydroxyl groups is 1. The highest BCUT2D eigenvalue weighted by Gasteiger charge is 2.39. The zero-order valence-electron chi connectivity index (χ0n) is 16.6. The number of benzene rings is 1. The standard InChI is InChI=1S/C21H20F2N4O2S/c1-10-19(11(2)29-27-10)18-7-21(3,26-20(24)30-18)15-5-14(16(22)6-17(15)23)12-4-13(28)9-25-8-12/h4-6,8-9,18,28H,7H2,1-3H3,(H2,24,26)/t18-,21-/m0/s1. The Labute approximate surface area is 176 Å². The van der Waals surface area contributed by atoms with Crippen molar-refractivity contribution in [3.05, 3.63) is 64.8 Å². The maximum Gasteiger partial charge on any atom is 0.155 e. The highest BCUT2D eigenvalue weighted by Crippen LogP contribution is 2.49. The molecule has 0 amide bonds. The summed E-state index contributed by atoms with van der Waals surface area (Å²) in [6, 6.07) is 3.62. The van der Waals surface area contributed by atoms with Gasteiger partial charge >= 0.3 is 0 Å². The molecule has 2 aromatic heterocycles. The number of hydrogen-bond acceptors (Lipinski definition) is 7. The average Bonchev–Trinajstić information content (AvgIpc) is 2.99. The molecule has 0 spiro atoms. The number of hydrogen-bond donors (Lipinski definition) is 2. The Kier molecular flexibility index (Phi) is 5.01. The van der Waals surface area contributed by atoms with Gasteiger partial charge < -0.3 is 15.4 Å². The number of aliphatic imine (C=N–C) groups is 1. The Balaban J connectivity index is 1.82. The van der Waals surface area contributed by atoms with E-state index in [2.05, 4.69) is 15.1 Å². The SMILES string of the molecule is Cc1noc(C)c1[C@@H]1C[C@@](C)(c2cc(-c3cncc(O)c3)c(F)cc2F)N=C(N)S1. The largest absolute Gasteiger partial charge is 0.506 e. The van der Waals surface area contributed by atoms with Gasteiger partial charge in [0.15, 0.2) is 5.17 Å². The molecular weight excluding hydrogens is 410 g/mol. The second kappa shape index (κ2) is 7.39. The first-order chi connectivity index (χ1) is 14.2. The number of halogens is 2. The molecule has 1 aliphatic rings. The van der Waals surface area contributed by atoms with Crippen LogP contribution in [-0.2, 0) is 5.54 Å². The number of rotatable bonds is 3. The Bertz CT molecular complexity index is 1140.